The molecule has 1 rings (SSSR count). The zero-order chi connectivity index (χ0) is 13.9. The molecule has 0 aromatic heterocycles. The smallest absolute Gasteiger partial charge is 0.146 e. The first kappa shape index (κ1) is 14.9. The number of aryl methyl sites for hydroxylation is 1. The molecule has 0 fully saturated rings. The van der Waals surface area contributed by atoms with Crippen molar-refractivity contribution in [2.24, 2.45) is 0 Å². The van der Waals surface area contributed by atoms with E-state index >= 15 is 0 Å². The molecular formula is C14H23FN2O. The maximum atomic E-state index is 13.7. The molecule has 0 amide bonds. The van der Waals surface area contributed by atoms with Gasteiger partial charge in [0.15, 0.2) is 0 Å². The van der Waals surface area contributed by atoms with E-state index in [9.17, 15) is 9.50 Å². The average molecular weight is 254 g/mol. The van der Waals surface area contributed by atoms with Crippen LogP contribution in [0.2, 0.25) is 0 Å². The van der Waals surface area contributed by atoms with E-state index < -0.39 is 5.82 Å². The number of aliphatic hydroxyl groups is 1. The Balaban J connectivity index is 3.10. The lowest BCUT2D eigenvalue weighted by Gasteiger charge is -2.28. The van der Waals surface area contributed by atoms with Crippen molar-refractivity contribution in [3.05, 3.63) is 29.1 Å². The molecule has 0 aliphatic rings. The van der Waals surface area contributed by atoms with Crippen LogP contribution < -0.4 is 11.1 Å². The Bertz CT molecular complexity index is 413. The Morgan fingerprint density at radius 3 is 2.44 bits per heavy atom. The lowest BCUT2D eigenvalue weighted by Crippen LogP contribution is -2.40. The molecule has 1 atom stereocenters. The van der Waals surface area contributed by atoms with E-state index in [2.05, 4.69) is 5.32 Å². The van der Waals surface area contributed by atoms with Crippen molar-refractivity contribution in [3.8, 4) is 0 Å². The maximum absolute atomic E-state index is 13.7. The van der Waals surface area contributed by atoms with Crippen LogP contribution in [0.5, 0.6) is 0 Å². The van der Waals surface area contributed by atoms with E-state index in [-0.39, 0.29) is 23.9 Å². The van der Waals surface area contributed by atoms with Crippen LogP contribution in [0.15, 0.2) is 12.1 Å². The van der Waals surface area contributed by atoms with Gasteiger partial charge >= 0.3 is 0 Å². The van der Waals surface area contributed by atoms with Crippen LogP contribution in [0.25, 0.3) is 0 Å². The molecule has 0 saturated carbocycles. The minimum absolute atomic E-state index is 0.0796. The molecule has 0 aliphatic carbocycles. The van der Waals surface area contributed by atoms with Crippen LogP contribution in [0, 0.1) is 5.82 Å². The van der Waals surface area contributed by atoms with Gasteiger partial charge in [0.05, 0.1) is 18.3 Å². The third kappa shape index (κ3) is 3.68. The van der Waals surface area contributed by atoms with Gasteiger partial charge in [0.2, 0.25) is 0 Å². The predicted molar refractivity (Wildman–Crippen MR) is 72.9 cm³/mol. The number of nitrogen functional groups attached to an aromatic ring is 1. The highest BCUT2D eigenvalue weighted by Gasteiger charge is 2.20. The van der Waals surface area contributed by atoms with Crippen LogP contribution in [-0.2, 0) is 6.42 Å². The number of hydrogen-bond donors (Lipinski definition) is 3. The molecule has 1 aromatic rings. The van der Waals surface area contributed by atoms with Gasteiger partial charge < -0.3 is 16.2 Å². The van der Waals surface area contributed by atoms with Gasteiger partial charge in [0.25, 0.3) is 0 Å². The van der Waals surface area contributed by atoms with Crippen LogP contribution in [0.3, 0.4) is 0 Å². The second-order valence-corrected chi connectivity index (χ2v) is 5.56. The Morgan fingerprint density at radius 1 is 1.39 bits per heavy atom. The minimum atomic E-state index is -0.418. The van der Waals surface area contributed by atoms with Crippen LogP contribution in [0.4, 0.5) is 10.1 Å². The first-order valence-corrected chi connectivity index (χ1v) is 6.24. The highest BCUT2D eigenvalue weighted by molar-refractivity contribution is 5.50. The Hall–Kier alpha value is -1.13. The molecule has 0 radical (unpaired) electrons. The summed E-state index contributed by atoms with van der Waals surface area (Å²) in [4.78, 5) is 0. The van der Waals surface area contributed by atoms with Gasteiger partial charge in [-0.1, -0.05) is 13.0 Å². The molecule has 0 spiro atoms. The van der Waals surface area contributed by atoms with Crippen molar-refractivity contribution in [1.29, 1.82) is 0 Å². The van der Waals surface area contributed by atoms with E-state index in [0.717, 1.165) is 11.1 Å². The third-order valence-corrected chi connectivity index (χ3v) is 2.81. The number of benzene rings is 1. The van der Waals surface area contributed by atoms with Crippen molar-refractivity contribution in [1.82, 2.24) is 5.32 Å². The highest BCUT2D eigenvalue weighted by Crippen LogP contribution is 2.24. The molecule has 1 unspecified atom stereocenters. The fraction of sp³-hybridized carbons (Fsp3) is 0.571. The van der Waals surface area contributed by atoms with Crippen LogP contribution >= 0.6 is 0 Å². The molecule has 4 N–H and O–H groups in total. The number of nitrogens with one attached hydrogen (secondary N) is 1. The lowest BCUT2D eigenvalue weighted by atomic mass is 9.98. The van der Waals surface area contributed by atoms with Gasteiger partial charge in [-0.25, -0.2) is 4.39 Å². The Labute approximate surface area is 108 Å². The summed E-state index contributed by atoms with van der Waals surface area (Å²) in [5.74, 6) is -0.418. The maximum Gasteiger partial charge on any atom is 0.146 e. The van der Waals surface area contributed by atoms with Crippen molar-refractivity contribution in [2.75, 3.05) is 12.3 Å². The van der Waals surface area contributed by atoms with E-state index in [4.69, 9.17) is 5.73 Å². The zero-order valence-corrected chi connectivity index (χ0v) is 11.5. The summed E-state index contributed by atoms with van der Waals surface area (Å²) >= 11 is 0. The van der Waals surface area contributed by atoms with Gasteiger partial charge in [0, 0.05) is 5.54 Å². The standard InChI is InChI=1S/C14H23FN2O/c1-5-9-6-10(7-11(15)13(9)16)12(8-18)17-14(2,3)4/h6-7,12,17-18H,5,8,16H2,1-4H3. The SMILES string of the molecule is CCc1cc(C(CO)NC(C)(C)C)cc(F)c1N. The summed E-state index contributed by atoms with van der Waals surface area (Å²) in [6.45, 7) is 7.86. The molecule has 0 aliphatic heterocycles. The fourth-order valence-electron chi connectivity index (χ4n) is 1.95. The van der Waals surface area contributed by atoms with E-state index in [0.29, 0.717) is 6.42 Å². The van der Waals surface area contributed by atoms with Gasteiger partial charge in [0.1, 0.15) is 5.82 Å². The largest absolute Gasteiger partial charge is 0.396 e. The summed E-state index contributed by atoms with van der Waals surface area (Å²) in [5.41, 5.74) is 7.23. The van der Waals surface area contributed by atoms with Crippen molar-refractivity contribution >= 4 is 5.69 Å². The molecule has 102 valence electrons. The molecule has 0 saturated heterocycles. The monoisotopic (exact) mass is 254 g/mol. The van der Waals surface area contributed by atoms with E-state index in [1.807, 2.05) is 33.8 Å². The summed E-state index contributed by atoms with van der Waals surface area (Å²) in [5, 5.41) is 12.7. The fourth-order valence-corrected chi connectivity index (χ4v) is 1.95. The van der Waals surface area contributed by atoms with Crippen molar-refractivity contribution in [2.45, 2.75) is 45.7 Å². The lowest BCUT2D eigenvalue weighted by molar-refractivity contribution is 0.217. The van der Waals surface area contributed by atoms with Crippen LogP contribution in [-0.4, -0.2) is 17.3 Å². The number of aliphatic hydroxyl groups excluding tert-OH is 1. The van der Waals surface area contributed by atoms with Gasteiger partial charge in [-0.05, 0) is 44.4 Å². The normalized spacial score (nSPS) is 13.7. The van der Waals surface area contributed by atoms with Gasteiger partial charge in [-0.2, -0.15) is 0 Å². The molecule has 4 heteroatoms. The first-order chi connectivity index (χ1) is 8.28. The van der Waals surface area contributed by atoms with E-state index in [1.54, 1.807) is 0 Å². The number of rotatable bonds is 4. The molecule has 3 nitrogen and oxygen atoms in total. The number of anilines is 1. The van der Waals surface area contributed by atoms with Crippen molar-refractivity contribution < 1.29 is 9.50 Å². The first-order valence-electron chi connectivity index (χ1n) is 6.24. The Morgan fingerprint density at radius 2 is 2.00 bits per heavy atom. The molecule has 1 aromatic carbocycles. The summed E-state index contributed by atoms with van der Waals surface area (Å²) in [6, 6.07) is 2.97. The number of nitrogens with two attached hydrogens (primary N) is 1. The quantitative estimate of drug-likeness (QED) is 0.723. The number of hydrogen-bond acceptors (Lipinski definition) is 3. The van der Waals surface area contributed by atoms with E-state index in [1.165, 1.54) is 6.07 Å². The molecule has 0 bridgehead atoms. The highest BCUT2D eigenvalue weighted by atomic mass is 19.1. The zero-order valence-electron chi connectivity index (χ0n) is 11.5. The topological polar surface area (TPSA) is 58.3 Å². The second-order valence-electron chi connectivity index (χ2n) is 5.56. The van der Waals surface area contributed by atoms with Gasteiger partial charge in [-0.15, -0.1) is 0 Å². The third-order valence-electron chi connectivity index (χ3n) is 2.81. The van der Waals surface area contributed by atoms with Crippen LogP contribution in [0.1, 0.15) is 44.9 Å². The average Bonchev–Trinajstić information content (AvgIpc) is 2.28. The number of halogens is 1. The Kier molecular flexibility index (Phi) is 4.71. The molecular weight excluding hydrogens is 231 g/mol. The molecule has 18 heavy (non-hydrogen) atoms. The minimum Gasteiger partial charge on any atom is -0.396 e. The summed E-state index contributed by atoms with van der Waals surface area (Å²) in [6.07, 6.45) is 0.671. The molecule has 0 heterocycles. The van der Waals surface area contributed by atoms with Gasteiger partial charge in [-0.3, -0.25) is 0 Å². The summed E-state index contributed by atoms with van der Waals surface area (Å²) in [7, 11) is 0. The predicted octanol–water partition coefficient (Wildman–Crippen LogP) is 2.39. The summed E-state index contributed by atoms with van der Waals surface area (Å²) < 4.78 is 13.7. The second kappa shape index (κ2) is 5.67. The van der Waals surface area contributed by atoms with Crippen molar-refractivity contribution in [3.63, 3.8) is 0 Å².